The van der Waals surface area contributed by atoms with Gasteiger partial charge < -0.3 is 15.0 Å². The van der Waals surface area contributed by atoms with Crippen LogP contribution in [-0.4, -0.2) is 18.3 Å². The molecular formula is C18H22BNO2. The van der Waals surface area contributed by atoms with E-state index in [0.717, 1.165) is 22.3 Å². The molecule has 2 aromatic rings. The Morgan fingerprint density at radius 2 is 1.14 bits per heavy atom. The van der Waals surface area contributed by atoms with Gasteiger partial charge in [-0.15, -0.1) is 0 Å². The van der Waals surface area contributed by atoms with Crippen LogP contribution in [-0.2, 0) is 9.31 Å². The molecule has 114 valence electrons. The Kier molecular flexibility index (Phi) is 3.54. The lowest BCUT2D eigenvalue weighted by atomic mass is 9.78. The summed E-state index contributed by atoms with van der Waals surface area (Å²) in [5.41, 5.74) is 9.22. The molecule has 2 N–H and O–H groups in total. The second kappa shape index (κ2) is 5.15. The summed E-state index contributed by atoms with van der Waals surface area (Å²) in [5.74, 6) is 0. The Labute approximate surface area is 132 Å². The highest BCUT2D eigenvalue weighted by Crippen LogP contribution is 2.36. The molecule has 1 saturated heterocycles. The van der Waals surface area contributed by atoms with E-state index in [1.807, 2.05) is 24.3 Å². The number of hydrogen-bond donors (Lipinski definition) is 1. The van der Waals surface area contributed by atoms with Crippen LogP contribution in [0.5, 0.6) is 0 Å². The molecular weight excluding hydrogens is 273 g/mol. The third-order valence-electron chi connectivity index (χ3n) is 4.68. The summed E-state index contributed by atoms with van der Waals surface area (Å²) in [5, 5.41) is 0. The van der Waals surface area contributed by atoms with Gasteiger partial charge in [0, 0.05) is 5.69 Å². The highest BCUT2D eigenvalue weighted by atomic mass is 16.7. The number of nitrogens with two attached hydrogens (primary N) is 1. The van der Waals surface area contributed by atoms with Crippen LogP contribution in [0.2, 0.25) is 0 Å². The van der Waals surface area contributed by atoms with Crippen molar-refractivity contribution in [3.05, 3.63) is 48.5 Å². The number of hydrogen-bond acceptors (Lipinski definition) is 3. The number of anilines is 1. The van der Waals surface area contributed by atoms with Crippen LogP contribution in [0, 0.1) is 0 Å². The number of benzene rings is 2. The van der Waals surface area contributed by atoms with Crippen molar-refractivity contribution in [2.75, 3.05) is 5.73 Å². The van der Waals surface area contributed by atoms with Gasteiger partial charge in [0.05, 0.1) is 11.2 Å². The maximum absolute atomic E-state index is 6.07. The fraction of sp³-hybridized carbons (Fsp3) is 0.333. The molecule has 0 unspecified atom stereocenters. The average Bonchev–Trinajstić information content (AvgIpc) is 2.68. The van der Waals surface area contributed by atoms with Gasteiger partial charge in [-0.25, -0.2) is 0 Å². The molecule has 0 atom stereocenters. The largest absolute Gasteiger partial charge is 0.494 e. The molecule has 0 amide bonds. The smallest absolute Gasteiger partial charge is 0.399 e. The Morgan fingerprint density at radius 3 is 1.59 bits per heavy atom. The van der Waals surface area contributed by atoms with E-state index >= 15 is 0 Å². The quantitative estimate of drug-likeness (QED) is 0.683. The van der Waals surface area contributed by atoms with E-state index in [9.17, 15) is 0 Å². The molecule has 1 fully saturated rings. The number of nitrogen functional groups attached to an aromatic ring is 1. The van der Waals surface area contributed by atoms with Crippen LogP contribution < -0.4 is 11.2 Å². The van der Waals surface area contributed by atoms with Crippen molar-refractivity contribution >= 4 is 18.3 Å². The molecule has 0 bridgehead atoms. The van der Waals surface area contributed by atoms with Crippen LogP contribution in [0.1, 0.15) is 27.7 Å². The second-order valence-corrected chi connectivity index (χ2v) is 6.83. The van der Waals surface area contributed by atoms with E-state index in [-0.39, 0.29) is 18.3 Å². The van der Waals surface area contributed by atoms with E-state index in [1.165, 1.54) is 0 Å². The molecule has 1 aliphatic rings. The first-order chi connectivity index (χ1) is 10.3. The van der Waals surface area contributed by atoms with Gasteiger partial charge in [-0.3, -0.25) is 0 Å². The Hall–Kier alpha value is -1.78. The predicted octanol–water partition coefficient (Wildman–Crippen LogP) is 3.24. The molecule has 0 aromatic heterocycles. The van der Waals surface area contributed by atoms with E-state index < -0.39 is 0 Å². The second-order valence-electron chi connectivity index (χ2n) is 6.83. The van der Waals surface area contributed by atoms with E-state index in [0.29, 0.717) is 0 Å². The lowest BCUT2D eigenvalue weighted by molar-refractivity contribution is 0.00578. The van der Waals surface area contributed by atoms with Crippen LogP contribution in [0.4, 0.5) is 5.69 Å². The minimum atomic E-state index is -0.314. The zero-order chi connectivity index (χ0) is 16.0. The average molecular weight is 295 g/mol. The monoisotopic (exact) mass is 295 g/mol. The van der Waals surface area contributed by atoms with Gasteiger partial charge in [0.2, 0.25) is 0 Å². The molecule has 0 radical (unpaired) electrons. The lowest BCUT2D eigenvalue weighted by Crippen LogP contribution is -2.41. The first-order valence-electron chi connectivity index (χ1n) is 7.60. The number of rotatable bonds is 2. The van der Waals surface area contributed by atoms with Gasteiger partial charge in [0.15, 0.2) is 0 Å². The van der Waals surface area contributed by atoms with Crippen molar-refractivity contribution in [2.24, 2.45) is 0 Å². The van der Waals surface area contributed by atoms with Crippen molar-refractivity contribution in [1.29, 1.82) is 0 Å². The summed E-state index contributed by atoms with van der Waals surface area (Å²) < 4.78 is 12.1. The minimum absolute atomic E-state index is 0.312. The zero-order valence-electron chi connectivity index (χ0n) is 13.6. The predicted molar refractivity (Wildman–Crippen MR) is 92.0 cm³/mol. The highest BCUT2D eigenvalue weighted by molar-refractivity contribution is 6.62. The molecule has 0 saturated carbocycles. The molecule has 3 rings (SSSR count). The zero-order valence-corrected chi connectivity index (χ0v) is 13.6. The fourth-order valence-electron chi connectivity index (χ4n) is 2.49. The Morgan fingerprint density at radius 1 is 0.727 bits per heavy atom. The van der Waals surface area contributed by atoms with Crippen molar-refractivity contribution in [2.45, 2.75) is 38.9 Å². The molecule has 1 heterocycles. The third-order valence-corrected chi connectivity index (χ3v) is 4.68. The van der Waals surface area contributed by atoms with Gasteiger partial charge in [-0.1, -0.05) is 36.4 Å². The van der Waals surface area contributed by atoms with Crippen molar-refractivity contribution in [3.63, 3.8) is 0 Å². The summed E-state index contributed by atoms with van der Waals surface area (Å²) in [6.07, 6.45) is 0. The summed E-state index contributed by atoms with van der Waals surface area (Å²) >= 11 is 0. The maximum Gasteiger partial charge on any atom is 0.494 e. The van der Waals surface area contributed by atoms with Crippen LogP contribution in [0.15, 0.2) is 48.5 Å². The van der Waals surface area contributed by atoms with Crippen LogP contribution in [0.3, 0.4) is 0 Å². The highest BCUT2D eigenvalue weighted by Gasteiger charge is 2.51. The normalized spacial score (nSPS) is 19.4. The van der Waals surface area contributed by atoms with Gasteiger partial charge in [0.25, 0.3) is 0 Å². The lowest BCUT2D eigenvalue weighted by Gasteiger charge is -2.32. The molecule has 1 aliphatic heterocycles. The topological polar surface area (TPSA) is 44.5 Å². The third kappa shape index (κ3) is 2.64. The maximum atomic E-state index is 6.07. The summed E-state index contributed by atoms with van der Waals surface area (Å²) in [6, 6.07) is 16.2. The van der Waals surface area contributed by atoms with Gasteiger partial charge in [-0.05, 0) is 56.4 Å². The molecule has 0 spiro atoms. The van der Waals surface area contributed by atoms with Gasteiger partial charge >= 0.3 is 7.12 Å². The summed E-state index contributed by atoms with van der Waals surface area (Å²) in [7, 11) is -0.314. The molecule has 22 heavy (non-hydrogen) atoms. The van der Waals surface area contributed by atoms with E-state index in [2.05, 4.69) is 52.0 Å². The SMILES string of the molecule is CC1(C)OB(c2ccc(-c3ccc(N)cc3)cc2)OC1(C)C. The molecule has 4 heteroatoms. The Balaban J connectivity index is 1.82. The van der Waals surface area contributed by atoms with Gasteiger partial charge in [0.1, 0.15) is 0 Å². The Bertz CT molecular complexity index is 646. The first kappa shape index (κ1) is 15.1. The standard InChI is InChI=1S/C18H22BNO2/c1-17(2)18(3,4)22-19(21-17)15-9-5-13(6-10-15)14-7-11-16(20)12-8-14/h5-12H,20H2,1-4H3. The molecule has 0 aliphatic carbocycles. The van der Waals surface area contributed by atoms with Crippen molar-refractivity contribution < 1.29 is 9.31 Å². The van der Waals surface area contributed by atoms with Crippen molar-refractivity contribution in [1.82, 2.24) is 0 Å². The first-order valence-corrected chi connectivity index (χ1v) is 7.60. The van der Waals surface area contributed by atoms with Crippen molar-refractivity contribution in [3.8, 4) is 11.1 Å². The van der Waals surface area contributed by atoms with E-state index in [1.54, 1.807) is 0 Å². The fourth-order valence-corrected chi connectivity index (χ4v) is 2.49. The van der Waals surface area contributed by atoms with E-state index in [4.69, 9.17) is 15.0 Å². The summed E-state index contributed by atoms with van der Waals surface area (Å²) in [6.45, 7) is 8.26. The van der Waals surface area contributed by atoms with Gasteiger partial charge in [-0.2, -0.15) is 0 Å². The molecule has 2 aromatic carbocycles. The minimum Gasteiger partial charge on any atom is -0.399 e. The summed E-state index contributed by atoms with van der Waals surface area (Å²) in [4.78, 5) is 0. The molecule has 3 nitrogen and oxygen atoms in total. The van der Waals surface area contributed by atoms with Crippen LogP contribution in [0.25, 0.3) is 11.1 Å². The van der Waals surface area contributed by atoms with Crippen LogP contribution >= 0.6 is 0 Å².